The molecule has 4 aliphatic rings. The first-order chi connectivity index (χ1) is 17.0. The quantitative estimate of drug-likeness (QED) is 0.480. The molecule has 2 saturated carbocycles. The van der Waals surface area contributed by atoms with Crippen molar-refractivity contribution < 1.29 is 40.3 Å². The monoisotopic (exact) mass is 544 g/mol. The average Bonchev–Trinajstić information content (AvgIpc) is 3.09. The fourth-order valence-corrected chi connectivity index (χ4v) is 8.29. The molecule has 4 aliphatic carbocycles. The van der Waals surface area contributed by atoms with Gasteiger partial charge in [0.05, 0.1) is 4.90 Å². The highest BCUT2D eigenvalue weighted by Gasteiger charge is 2.79. The van der Waals surface area contributed by atoms with Crippen LogP contribution in [0.2, 0.25) is 0 Å². The van der Waals surface area contributed by atoms with E-state index >= 15 is 0 Å². The van der Waals surface area contributed by atoms with Gasteiger partial charge in [0, 0.05) is 24.0 Å². The molecule has 5 atom stereocenters. The topological polar surface area (TPSA) is 71.4 Å². The van der Waals surface area contributed by atoms with Crippen LogP contribution < -0.4 is 0 Å². The molecule has 1 aromatic rings. The number of hydrogen-bond acceptors (Lipinski definition) is 4. The van der Waals surface area contributed by atoms with E-state index in [1.54, 1.807) is 18.2 Å². The van der Waals surface area contributed by atoms with Gasteiger partial charge in [0.15, 0.2) is 15.6 Å². The minimum Gasteiger partial charge on any atom is -0.383 e. The molecule has 0 unspecified atom stereocenters. The number of carbonyl (C=O) groups is 1. The molecule has 10 heteroatoms. The molecule has 2 fully saturated rings. The van der Waals surface area contributed by atoms with Crippen molar-refractivity contribution in [3.63, 3.8) is 0 Å². The van der Waals surface area contributed by atoms with E-state index in [1.807, 2.05) is 0 Å². The Bertz CT molecular complexity index is 1310. The number of sulfone groups is 1. The molecule has 0 bridgehead atoms. The van der Waals surface area contributed by atoms with Crippen molar-refractivity contribution in [2.24, 2.45) is 17.3 Å². The predicted octanol–water partition coefficient (Wildman–Crippen LogP) is 5.92. The van der Waals surface area contributed by atoms with Gasteiger partial charge in [0.1, 0.15) is 5.60 Å². The second-order valence-electron chi connectivity index (χ2n) is 11.3. The Balaban J connectivity index is 1.69. The third kappa shape index (κ3) is 3.76. The summed E-state index contributed by atoms with van der Waals surface area (Å²) in [7, 11) is -3.50. The van der Waals surface area contributed by atoms with Crippen molar-refractivity contribution >= 4 is 15.6 Å². The van der Waals surface area contributed by atoms with Crippen molar-refractivity contribution in [1.29, 1.82) is 0 Å². The third-order valence-corrected chi connectivity index (χ3v) is 10.6. The van der Waals surface area contributed by atoms with Gasteiger partial charge >= 0.3 is 12.1 Å². The Hall–Kier alpha value is -2.07. The summed E-state index contributed by atoms with van der Waals surface area (Å²) in [5.41, 5.74) is -1.62. The maximum atomic E-state index is 15.0. The SMILES string of the molecule is C[C@]12C[C@H](c3ccc(S(C)(=O)=O)cc3)C3=C4CCC(=O)C=C4CC[C@H]3[C@@H]1CC[C@@]2(O)C(F)(F)C(F)(F)F. The number of benzene rings is 1. The maximum absolute atomic E-state index is 15.0. The lowest BCUT2D eigenvalue weighted by Crippen LogP contribution is -2.65. The van der Waals surface area contributed by atoms with E-state index in [1.165, 1.54) is 19.1 Å². The number of hydrogen-bond donors (Lipinski definition) is 1. The van der Waals surface area contributed by atoms with E-state index in [9.17, 15) is 40.3 Å². The smallest absolute Gasteiger partial charge is 0.383 e. The fourth-order valence-electron chi connectivity index (χ4n) is 7.66. The number of halogens is 5. The lowest BCUT2D eigenvalue weighted by atomic mass is 9.50. The Morgan fingerprint density at radius 2 is 1.65 bits per heavy atom. The molecular weight excluding hydrogens is 515 g/mol. The molecule has 4 nitrogen and oxygen atoms in total. The standard InChI is InChI=1S/C27H29F5O4S/c1-24-14-21(15-3-7-18(8-4-15)37(2,35)36)23-19-10-6-17(33)13-16(19)5-9-20(23)22(24)11-12-25(24,34)26(28,29)27(30,31)32/h3-4,7-8,13,20-22,34H,5-6,9-12,14H2,1-2H3/t20-,21+,22-,24-,25-/m0/s1. The molecule has 0 saturated heterocycles. The molecule has 0 aliphatic heterocycles. The second-order valence-corrected chi connectivity index (χ2v) is 13.3. The van der Waals surface area contributed by atoms with Crippen LogP contribution in [0.4, 0.5) is 22.0 Å². The van der Waals surface area contributed by atoms with Crippen molar-refractivity contribution in [1.82, 2.24) is 0 Å². The minimum absolute atomic E-state index is 0.00700. The molecular formula is C27H29F5O4S. The van der Waals surface area contributed by atoms with Crippen LogP contribution in [-0.2, 0) is 14.6 Å². The van der Waals surface area contributed by atoms with Crippen molar-refractivity contribution in [3.05, 3.63) is 52.6 Å². The van der Waals surface area contributed by atoms with Crippen LogP contribution in [0, 0.1) is 17.3 Å². The number of carbonyl (C=O) groups excluding carboxylic acids is 1. The van der Waals surface area contributed by atoms with Gasteiger partial charge in [-0.3, -0.25) is 4.79 Å². The number of aliphatic hydroxyl groups is 1. The summed E-state index contributed by atoms with van der Waals surface area (Å²) in [4.78, 5) is 12.2. The van der Waals surface area contributed by atoms with Crippen molar-refractivity contribution in [2.45, 2.75) is 80.4 Å². The van der Waals surface area contributed by atoms with Crippen molar-refractivity contribution in [3.8, 4) is 0 Å². The first-order valence-corrected chi connectivity index (χ1v) is 14.3. The van der Waals surface area contributed by atoms with E-state index < -0.39 is 51.2 Å². The lowest BCUT2D eigenvalue weighted by Gasteiger charge is -2.56. The number of allylic oxidation sites excluding steroid dienone is 4. The van der Waals surface area contributed by atoms with Gasteiger partial charge in [-0.25, -0.2) is 8.42 Å². The Kier molecular flexibility index (Phi) is 5.89. The van der Waals surface area contributed by atoms with Crippen LogP contribution in [0.25, 0.3) is 0 Å². The first-order valence-electron chi connectivity index (χ1n) is 12.4. The molecule has 37 heavy (non-hydrogen) atoms. The largest absolute Gasteiger partial charge is 0.456 e. The van der Waals surface area contributed by atoms with Crippen LogP contribution in [0.15, 0.2) is 52.0 Å². The van der Waals surface area contributed by atoms with Gasteiger partial charge < -0.3 is 5.11 Å². The van der Waals surface area contributed by atoms with Gasteiger partial charge in [0.25, 0.3) is 0 Å². The number of alkyl halides is 5. The van der Waals surface area contributed by atoms with Gasteiger partial charge in [-0.05, 0) is 85.3 Å². The predicted molar refractivity (Wildman–Crippen MR) is 126 cm³/mol. The van der Waals surface area contributed by atoms with E-state index in [0.717, 1.165) is 23.0 Å². The van der Waals surface area contributed by atoms with Crippen molar-refractivity contribution in [2.75, 3.05) is 6.26 Å². The summed E-state index contributed by atoms with van der Waals surface area (Å²) in [6.45, 7) is 1.36. The van der Waals surface area contributed by atoms with E-state index in [4.69, 9.17) is 0 Å². The van der Waals surface area contributed by atoms with Crippen LogP contribution in [-0.4, -0.2) is 43.3 Å². The summed E-state index contributed by atoms with van der Waals surface area (Å²) in [6.07, 6.45) is -2.22. The zero-order valence-corrected chi connectivity index (χ0v) is 21.4. The Morgan fingerprint density at radius 1 is 1.00 bits per heavy atom. The average molecular weight is 545 g/mol. The number of rotatable bonds is 3. The van der Waals surface area contributed by atoms with Crippen LogP contribution in [0.3, 0.4) is 0 Å². The molecule has 0 aromatic heterocycles. The molecule has 1 aromatic carbocycles. The molecule has 1 N–H and O–H groups in total. The van der Waals surface area contributed by atoms with Gasteiger partial charge in [-0.15, -0.1) is 0 Å². The van der Waals surface area contributed by atoms with Crippen LogP contribution >= 0.6 is 0 Å². The molecule has 0 amide bonds. The number of ketones is 1. The summed E-state index contributed by atoms with van der Waals surface area (Å²) >= 11 is 0. The van der Waals surface area contributed by atoms with Crippen LogP contribution in [0.5, 0.6) is 0 Å². The van der Waals surface area contributed by atoms with E-state index in [0.29, 0.717) is 31.2 Å². The zero-order valence-electron chi connectivity index (χ0n) is 20.5. The first kappa shape index (κ1) is 26.5. The molecule has 0 spiro atoms. The maximum Gasteiger partial charge on any atom is 0.456 e. The zero-order chi connectivity index (χ0) is 27.2. The highest BCUT2D eigenvalue weighted by Crippen LogP contribution is 2.70. The minimum atomic E-state index is -5.91. The van der Waals surface area contributed by atoms with Gasteiger partial charge in [-0.2, -0.15) is 22.0 Å². The fraction of sp³-hybridized carbons (Fsp3) is 0.593. The lowest BCUT2D eigenvalue weighted by molar-refractivity contribution is -0.362. The van der Waals surface area contributed by atoms with E-state index in [-0.39, 0.29) is 29.4 Å². The molecule has 202 valence electrons. The van der Waals surface area contributed by atoms with Gasteiger partial charge in [-0.1, -0.05) is 24.6 Å². The molecule has 5 rings (SSSR count). The normalized spacial score (nSPS) is 34.5. The molecule has 0 heterocycles. The van der Waals surface area contributed by atoms with E-state index in [2.05, 4.69) is 0 Å². The Morgan fingerprint density at radius 3 is 2.24 bits per heavy atom. The van der Waals surface area contributed by atoms with Crippen LogP contribution in [0.1, 0.15) is 63.4 Å². The summed E-state index contributed by atoms with van der Waals surface area (Å²) in [5.74, 6) is -6.79. The highest BCUT2D eigenvalue weighted by atomic mass is 32.2. The van der Waals surface area contributed by atoms with Gasteiger partial charge in [0.2, 0.25) is 0 Å². The third-order valence-electron chi connectivity index (χ3n) is 9.47. The second kappa shape index (κ2) is 8.21. The summed E-state index contributed by atoms with van der Waals surface area (Å²) in [5, 5.41) is 11.3. The highest BCUT2D eigenvalue weighted by molar-refractivity contribution is 7.90. The summed E-state index contributed by atoms with van der Waals surface area (Å²) in [6, 6.07) is 5.98. The number of fused-ring (bicyclic) bond motifs is 4. The Labute approximate surface area is 212 Å². The summed E-state index contributed by atoms with van der Waals surface area (Å²) < 4.78 is 94.8. The molecule has 0 radical (unpaired) electrons.